The second-order valence-electron chi connectivity index (χ2n) is 5.21. The van der Waals surface area contributed by atoms with Crippen molar-refractivity contribution in [2.45, 2.75) is 25.9 Å². The Balaban J connectivity index is 2.42. The number of ether oxygens (including phenoxy) is 1. The van der Waals surface area contributed by atoms with E-state index >= 15 is 0 Å². The molecule has 2 rings (SSSR count). The first kappa shape index (κ1) is 15.9. The lowest BCUT2D eigenvalue weighted by Gasteiger charge is -2.31. The molecule has 0 amide bonds. The Morgan fingerprint density at radius 1 is 1.19 bits per heavy atom. The van der Waals surface area contributed by atoms with Crippen LogP contribution in [0.3, 0.4) is 0 Å². The molecule has 2 atom stereocenters. The maximum absolute atomic E-state index is 5.57. The molecule has 0 saturated carbocycles. The predicted octanol–water partition coefficient (Wildman–Crippen LogP) is 4.23. The number of nitrogens with one attached hydrogen (secondary N) is 1. The van der Waals surface area contributed by atoms with Gasteiger partial charge in [0, 0.05) is 29.2 Å². The Bertz CT molecular complexity index is 568. The van der Waals surface area contributed by atoms with Crippen LogP contribution in [0.5, 0.6) is 5.75 Å². The molecule has 114 valence electrons. The van der Waals surface area contributed by atoms with Crippen molar-refractivity contribution in [2.75, 3.05) is 26.1 Å². The van der Waals surface area contributed by atoms with Crippen LogP contribution < -0.4 is 15.0 Å². The van der Waals surface area contributed by atoms with Crippen LogP contribution in [-0.4, -0.2) is 21.2 Å². The molecule has 0 bridgehead atoms. The average molecular weight is 304 g/mol. The van der Waals surface area contributed by atoms with Gasteiger partial charge >= 0.3 is 0 Å². The fraction of sp³-hybridized carbons (Fsp3) is 0.412. The van der Waals surface area contributed by atoms with E-state index < -0.39 is 0 Å². The molecule has 0 spiro atoms. The summed E-state index contributed by atoms with van der Waals surface area (Å²) in [6.07, 6.45) is 0. The highest BCUT2D eigenvalue weighted by Gasteiger charge is 2.21. The van der Waals surface area contributed by atoms with Gasteiger partial charge in [-0.3, -0.25) is 0 Å². The first-order chi connectivity index (χ1) is 10.1. The van der Waals surface area contributed by atoms with Gasteiger partial charge in [-0.2, -0.15) is 0 Å². The molecule has 0 saturated heterocycles. The van der Waals surface area contributed by atoms with Crippen LogP contribution >= 0.6 is 11.3 Å². The van der Waals surface area contributed by atoms with Crippen LogP contribution in [0.15, 0.2) is 35.7 Å². The number of rotatable bonds is 6. The van der Waals surface area contributed by atoms with Crippen LogP contribution in [0.25, 0.3) is 0 Å². The zero-order valence-electron chi connectivity index (χ0n) is 13.4. The van der Waals surface area contributed by atoms with Crippen molar-refractivity contribution in [3.8, 4) is 5.75 Å². The highest BCUT2D eigenvalue weighted by Crippen LogP contribution is 2.37. The van der Waals surface area contributed by atoms with E-state index in [-0.39, 0.29) is 6.04 Å². The highest BCUT2D eigenvalue weighted by atomic mass is 32.1. The zero-order chi connectivity index (χ0) is 15.4. The standard InChI is InChI=1S/C17H24N2OS/c1-12(18-3)17-14(8-6-9-15(17)20-5)19(4)13(2)16-10-7-11-21-16/h6-13,18H,1-5H3. The van der Waals surface area contributed by atoms with Gasteiger partial charge in [0.15, 0.2) is 0 Å². The molecule has 0 aliphatic rings. The van der Waals surface area contributed by atoms with Crippen molar-refractivity contribution in [1.82, 2.24) is 5.32 Å². The third kappa shape index (κ3) is 3.22. The van der Waals surface area contributed by atoms with Gasteiger partial charge in [0.05, 0.1) is 13.2 Å². The fourth-order valence-electron chi connectivity index (χ4n) is 2.53. The molecule has 2 unspecified atom stereocenters. The summed E-state index contributed by atoms with van der Waals surface area (Å²) >= 11 is 1.80. The Labute approximate surface area is 131 Å². The number of benzene rings is 1. The van der Waals surface area contributed by atoms with E-state index in [1.165, 1.54) is 16.1 Å². The lowest BCUT2D eigenvalue weighted by molar-refractivity contribution is 0.403. The first-order valence-electron chi connectivity index (χ1n) is 7.20. The van der Waals surface area contributed by atoms with Gasteiger partial charge in [-0.15, -0.1) is 11.3 Å². The lowest BCUT2D eigenvalue weighted by Crippen LogP contribution is -2.24. The summed E-state index contributed by atoms with van der Waals surface area (Å²) < 4.78 is 5.57. The first-order valence-corrected chi connectivity index (χ1v) is 8.08. The second-order valence-corrected chi connectivity index (χ2v) is 6.19. The van der Waals surface area contributed by atoms with Gasteiger partial charge in [0.25, 0.3) is 0 Å². The van der Waals surface area contributed by atoms with E-state index in [1.54, 1.807) is 18.4 Å². The maximum atomic E-state index is 5.57. The number of anilines is 1. The van der Waals surface area contributed by atoms with Crippen molar-refractivity contribution < 1.29 is 4.74 Å². The Kier molecular flexibility index (Phi) is 5.26. The van der Waals surface area contributed by atoms with Crippen molar-refractivity contribution in [2.24, 2.45) is 0 Å². The largest absolute Gasteiger partial charge is 0.496 e. The normalized spacial score (nSPS) is 13.8. The Morgan fingerprint density at radius 3 is 2.52 bits per heavy atom. The Hall–Kier alpha value is -1.52. The van der Waals surface area contributed by atoms with Crippen LogP contribution in [0, 0.1) is 0 Å². The minimum atomic E-state index is 0.231. The van der Waals surface area contributed by atoms with Crippen molar-refractivity contribution in [1.29, 1.82) is 0 Å². The van der Waals surface area contributed by atoms with Gasteiger partial charge in [0.1, 0.15) is 5.75 Å². The summed E-state index contributed by atoms with van der Waals surface area (Å²) in [4.78, 5) is 3.68. The minimum absolute atomic E-state index is 0.231. The zero-order valence-corrected chi connectivity index (χ0v) is 14.2. The summed E-state index contributed by atoms with van der Waals surface area (Å²) in [5, 5.41) is 5.45. The van der Waals surface area contributed by atoms with E-state index in [0.717, 1.165) is 5.75 Å². The number of thiophene rings is 1. The molecule has 2 aromatic rings. The summed E-state index contributed by atoms with van der Waals surface area (Å²) in [7, 11) is 5.85. The molecule has 4 heteroatoms. The molecule has 0 fully saturated rings. The maximum Gasteiger partial charge on any atom is 0.125 e. The molecule has 1 heterocycles. The molecule has 21 heavy (non-hydrogen) atoms. The van der Waals surface area contributed by atoms with Gasteiger partial charge in [0.2, 0.25) is 0 Å². The number of nitrogens with zero attached hydrogens (tertiary/aromatic N) is 1. The third-order valence-corrected chi connectivity index (χ3v) is 5.09. The highest BCUT2D eigenvalue weighted by molar-refractivity contribution is 7.10. The third-order valence-electron chi connectivity index (χ3n) is 4.04. The molecule has 1 aromatic heterocycles. The van der Waals surface area contributed by atoms with Gasteiger partial charge in [-0.25, -0.2) is 0 Å². The minimum Gasteiger partial charge on any atom is -0.496 e. The van der Waals surface area contributed by atoms with Gasteiger partial charge in [-0.05, 0) is 44.5 Å². The number of hydrogen-bond donors (Lipinski definition) is 1. The SMILES string of the molecule is CNC(C)c1c(OC)cccc1N(C)C(C)c1cccs1. The van der Waals surface area contributed by atoms with E-state index in [2.05, 4.69) is 60.8 Å². The van der Waals surface area contributed by atoms with E-state index in [1.807, 2.05) is 13.1 Å². The topological polar surface area (TPSA) is 24.5 Å². The molecular weight excluding hydrogens is 280 g/mol. The van der Waals surface area contributed by atoms with Gasteiger partial charge < -0.3 is 15.0 Å². The number of methoxy groups -OCH3 is 1. The summed E-state index contributed by atoms with van der Waals surface area (Å²) in [6.45, 7) is 4.39. The number of hydrogen-bond acceptors (Lipinski definition) is 4. The summed E-state index contributed by atoms with van der Waals surface area (Å²) in [5.41, 5.74) is 2.41. The van der Waals surface area contributed by atoms with Crippen molar-refractivity contribution >= 4 is 17.0 Å². The van der Waals surface area contributed by atoms with Crippen LogP contribution in [0.1, 0.15) is 36.4 Å². The second kappa shape index (κ2) is 6.96. The quantitative estimate of drug-likeness (QED) is 0.864. The monoisotopic (exact) mass is 304 g/mol. The van der Waals surface area contributed by atoms with E-state index in [9.17, 15) is 0 Å². The van der Waals surface area contributed by atoms with Crippen molar-refractivity contribution in [3.63, 3.8) is 0 Å². The van der Waals surface area contributed by atoms with Crippen LogP contribution in [0.4, 0.5) is 5.69 Å². The summed E-state index contributed by atoms with van der Waals surface area (Å²) in [5.74, 6) is 0.930. The van der Waals surface area contributed by atoms with E-state index in [4.69, 9.17) is 4.74 Å². The molecule has 1 aromatic carbocycles. The fourth-order valence-corrected chi connectivity index (χ4v) is 3.35. The Morgan fingerprint density at radius 2 is 1.95 bits per heavy atom. The molecule has 1 N–H and O–H groups in total. The molecule has 3 nitrogen and oxygen atoms in total. The van der Waals surface area contributed by atoms with Crippen molar-refractivity contribution in [3.05, 3.63) is 46.2 Å². The summed E-state index contributed by atoms with van der Waals surface area (Å²) in [6, 6.07) is 11.1. The molecule has 0 aliphatic heterocycles. The van der Waals surface area contributed by atoms with Crippen LogP contribution in [-0.2, 0) is 0 Å². The predicted molar refractivity (Wildman–Crippen MR) is 91.6 cm³/mol. The molecule has 0 radical (unpaired) electrons. The lowest BCUT2D eigenvalue weighted by atomic mass is 10.0. The van der Waals surface area contributed by atoms with E-state index in [0.29, 0.717) is 6.04 Å². The average Bonchev–Trinajstić information content (AvgIpc) is 3.06. The van der Waals surface area contributed by atoms with Gasteiger partial charge in [-0.1, -0.05) is 12.1 Å². The molecule has 0 aliphatic carbocycles. The van der Waals surface area contributed by atoms with Crippen LogP contribution in [0.2, 0.25) is 0 Å². The molecular formula is C17H24N2OS. The smallest absolute Gasteiger partial charge is 0.125 e.